The van der Waals surface area contributed by atoms with Gasteiger partial charge in [-0.2, -0.15) is 0 Å². The third-order valence-electron chi connectivity index (χ3n) is 3.37. The average Bonchev–Trinajstić information content (AvgIpc) is 2.35. The molecule has 0 radical (unpaired) electrons. The fraction of sp³-hybridized carbons (Fsp3) is 0.538. The van der Waals surface area contributed by atoms with Gasteiger partial charge in [0.15, 0.2) is 0 Å². The minimum Gasteiger partial charge on any atom is -0.396 e. The van der Waals surface area contributed by atoms with E-state index in [-0.39, 0.29) is 0 Å². The molecule has 1 aliphatic rings. The Morgan fingerprint density at radius 2 is 2.06 bits per heavy atom. The average molecular weight is 319 g/mol. The lowest BCUT2D eigenvalue weighted by atomic mass is 9.97. The second kappa shape index (κ2) is 6.19. The van der Waals surface area contributed by atoms with Crippen LogP contribution in [0.3, 0.4) is 0 Å². The van der Waals surface area contributed by atoms with E-state index in [1.807, 2.05) is 12.1 Å². The summed E-state index contributed by atoms with van der Waals surface area (Å²) in [6.45, 7) is 3.32. The maximum absolute atomic E-state index is 9.10. The molecular weight excluding hydrogens is 302 g/mol. The summed E-state index contributed by atoms with van der Waals surface area (Å²) >= 11 is 9.66. The van der Waals surface area contributed by atoms with E-state index in [0.29, 0.717) is 12.5 Å². The number of aliphatic hydroxyl groups excluding tert-OH is 1. The molecular formula is C13H17BrClNO. The minimum atomic E-state index is 0.325. The van der Waals surface area contributed by atoms with Crippen molar-refractivity contribution in [3.63, 3.8) is 0 Å². The van der Waals surface area contributed by atoms with Gasteiger partial charge in [-0.05, 0) is 55.6 Å². The smallest absolute Gasteiger partial charge is 0.0460 e. The Balaban J connectivity index is 1.95. The molecule has 1 N–H and O–H groups in total. The van der Waals surface area contributed by atoms with Crippen molar-refractivity contribution in [2.75, 3.05) is 19.7 Å². The largest absolute Gasteiger partial charge is 0.396 e. The normalized spacial score (nSPS) is 18.5. The molecule has 0 spiro atoms. The van der Waals surface area contributed by atoms with Gasteiger partial charge in [0.25, 0.3) is 0 Å². The van der Waals surface area contributed by atoms with Gasteiger partial charge in [0.2, 0.25) is 0 Å². The first-order valence-corrected chi connectivity index (χ1v) is 7.13. The molecule has 1 aliphatic heterocycles. The molecule has 1 aromatic carbocycles. The van der Waals surface area contributed by atoms with Crippen molar-refractivity contribution < 1.29 is 5.11 Å². The molecule has 0 bridgehead atoms. The van der Waals surface area contributed by atoms with Crippen LogP contribution in [0.5, 0.6) is 0 Å². The third-order valence-corrected chi connectivity index (χ3v) is 4.23. The van der Waals surface area contributed by atoms with Crippen LogP contribution in [0, 0.1) is 5.92 Å². The van der Waals surface area contributed by atoms with Gasteiger partial charge in [-0.3, -0.25) is 4.90 Å². The third kappa shape index (κ3) is 3.68. The molecule has 0 saturated carbocycles. The fourth-order valence-corrected chi connectivity index (χ4v) is 2.82. The Labute approximate surface area is 116 Å². The lowest BCUT2D eigenvalue weighted by Crippen LogP contribution is -2.34. The zero-order valence-corrected chi connectivity index (χ0v) is 12.0. The number of halogens is 2. The summed E-state index contributed by atoms with van der Waals surface area (Å²) in [5, 5.41) is 9.93. The SMILES string of the molecule is OCC1CCN(Cc2cc(Br)ccc2Cl)CC1. The molecule has 4 heteroatoms. The van der Waals surface area contributed by atoms with Crippen LogP contribution >= 0.6 is 27.5 Å². The summed E-state index contributed by atoms with van der Waals surface area (Å²) in [4.78, 5) is 2.40. The summed E-state index contributed by atoms with van der Waals surface area (Å²) in [7, 11) is 0. The van der Waals surface area contributed by atoms with Crippen LogP contribution < -0.4 is 0 Å². The van der Waals surface area contributed by atoms with Crippen molar-refractivity contribution >= 4 is 27.5 Å². The molecule has 1 fully saturated rings. The highest BCUT2D eigenvalue weighted by Crippen LogP contribution is 2.24. The van der Waals surface area contributed by atoms with E-state index in [1.54, 1.807) is 0 Å². The van der Waals surface area contributed by atoms with Crippen LogP contribution in [0.15, 0.2) is 22.7 Å². The molecule has 1 aromatic rings. The lowest BCUT2D eigenvalue weighted by Gasteiger charge is -2.31. The van der Waals surface area contributed by atoms with Crippen molar-refractivity contribution in [1.29, 1.82) is 0 Å². The quantitative estimate of drug-likeness (QED) is 0.924. The zero-order chi connectivity index (χ0) is 12.3. The van der Waals surface area contributed by atoms with Crippen LogP contribution in [-0.4, -0.2) is 29.7 Å². The second-order valence-corrected chi connectivity index (χ2v) is 5.96. The van der Waals surface area contributed by atoms with Crippen LogP contribution in [-0.2, 0) is 6.54 Å². The molecule has 0 atom stereocenters. The molecule has 0 unspecified atom stereocenters. The minimum absolute atomic E-state index is 0.325. The topological polar surface area (TPSA) is 23.5 Å². The van der Waals surface area contributed by atoms with Gasteiger partial charge < -0.3 is 5.11 Å². The van der Waals surface area contributed by atoms with Crippen molar-refractivity contribution in [3.05, 3.63) is 33.3 Å². The van der Waals surface area contributed by atoms with Gasteiger partial charge >= 0.3 is 0 Å². The molecule has 1 saturated heterocycles. The Morgan fingerprint density at radius 3 is 2.71 bits per heavy atom. The molecule has 2 rings (SSSR count). The zero-order valence-electron chi connectivity index (χ0n) is 9.70. The number of piperidine rings is 1. The predicted octanol–water partition coefficient (Wildman–Crippen LogP) is 3.31. The van der Waals surface area contributed by atoms with Crippen molar-refractivity contribution in [2.45, 2.75) is 19.4 Å². The fourth-order valence-electron chi connectivity index (χ4n) is 2.23. The van der Waals surface area contributed by atoms with E-state index >= 15 is 0 Å². The van der Waals surface area contributed by atoms with E-state index in [0.717, 1.165) is 42.0 Å². The summed E-state index contributed by atoms with van der Waals surface area (Å²) < 4.78 is 1.07. The molecule has 94 valence electrons. The van der Waals surface area contributed by atoms with Gasteiger partial charge in [0.05, 0.1) is 0 Å². The lowest BCUT2D eigenvalue weighted by molar-refractivity contribution is 0.127. The maximum atomic E-state index is 9.10. The predicted molar refractivity (Wildman–Crippen MR) is 74.2 cm³/mol. The molecule has 2 nitrogen and oxygen atoms in total. The van der Waals surface area contributed by atoms with E-state index in [2.05, 4.69) is 26.9 Å². The summed E-state index contributed by atoms with van der Waals surface area (Å²) in [6, 6.07) is 5.98. The van der Waals surface area contributed by atoms with Gasteiger partial charge in [-0.25, -0.2) is 0 Å². The number of rotatable bonds is 3. The molecule has 17 heavy (non-hydrogen) atoms. The van der Waals surface area contributed by atoms with Gasteiger partial charge in [-0.1, -0.05) is 27.5 Å². The Morgan fingerprint density at radius 1 is 1.35 bits per heavy atom. The first kappa shape index (κ1) is 13.3. The number of hydrogen-bond acceptors (Lipinski definition) is 2. The van der Waals surface area contributed by atoms with E-state index in [9.17, 15) is 0 Å². The molecule has 0 aromatic heterocycles. The maximum Gasteiger partial charge on any atom is 0.0460 e. The van der Waals surface area contributed by atoms with Gasteiger partial charge in [0.1, 0.15) is 0 Å². The molecule has 1 heterocycles. The second-order valence-electron chi connectivity index (χ2n) is 4.64. The highest BCUT2D eigenvalue weighted by molar-refractivity contribution is 9.10. The Kier molecular flexibility index (Phi) is 4.86. The summed E-state index contributed by atoms with van der Waals surface area (Å²) in [5.41, 5.74) is 1.17. The number of aliphatic hydroxyl groups is 1. The highest BCUT2D eigenvalue weighted by Gasteiger charge is 2.19. The van der Waals surface area contributed by atoms with Crippen molar-refractivity contribution in [2.24, 2.45) is 5.92 Å². The number of likely N-dealkylation sites (tertiary alicyclic amines) is 1. The van der Waals surface area contributed by atoms with E-state index in [4.69, 9.17) is 16.7 Å². The van der Waals surface area contributed by atoms with E-state index in [1.165, 1.54) is 5.56 Å². The molecule has 0 amide bonds. The monoisotopic (exact) mass is 317 g/mol. The van der Waals surface area contributed by atoms with Crippen LogP contribution in [0.1, 0.15) is 18.4 Å². The first-order valence-electron chi connectivity index (χ1n) is 5.96. The standard InChI is InChI=1S/C13H17BrClNO/c14-12-1-2-13(15)11(7-12)8-16-5-3-10(9-17)4-6-16/h1-2,7,10,17H,3-6,8-9H2. The van der Waals surface area contributed by atoms with Crippen molar-refractivity contribution in [1.82, 2.24) is 4.90 Å². The van der Waals surface area contributed by atoms with Crippen LogP contribution in [0.4, 0.5) is 0 Å². The van der Waals surface area contributed by atoms with Crippen LogP contribution in [0.25, 0.3) is 0 Å². The summed E-state index contributed by atoms with van der Waals surface area (Å²) in [5.74, 6) is 0.490. The highest BCUT2D eigenvalue weighted by atomic mass is 79.9. The number of benzene rings is 1. The number of hydrogen-bond donors (Lipinski definition) is 1. The van der Waals surface area contributed by atoms with Gasteiger partial charge in [-0.15, -0.1) is 0 Å². The summed E-state index contributed by atoms with van der Waals surface area (Å²) in [6.07, 6.45) is 2.17. The van der Waals surface area contributed by atoms with Crippen molar-refractivity contribution in [3.8, 4) is 0 Å². The Hall–Kier alpha value is -0.0900. The first-order chi connectivity index (χ1) is 8.19. The van der Waals surface area contributed by atoms with Crippen LogP contribution in [0.2, 0.25) is 5.02 Å². The van der Waals surface area contributed by atoms with Gasteiger partial charge in [0, 0.05) is 22.6 Å². The Bertz CT molecular complexity index is 378. The van der Waals surface area contributed by atoms with E-state index < -0.39 is 0 Å². The number of nitrogens with zero attached hydrogens (tertiary/aromatic N) is 1. The molecule has 0 aliphatic carbocycles.